The Labute approximate surface area is 129 Å². The molecule has 2 rings (SSSR count). The first-order valence-corrected chi connectivity index (χ1v) is 8.46. The van der Waals surface area contributed by atoms with Gasteiger partial charge in [0.05, 0.1) is 0 Å². The molecule has 1 nitrogen and oxygen atoms in total. The van der Waals surface area contributed by atoms with Crippen molar-refractivity contribution >= 4 is 10.8 Å². The Morgan fingerprint density at radius 1 is 1.00 bits per heavy atom. The third-order valence-electron chi connectivity index (χ3n) is 4.53. The van der Waals surface area contributed by atoms with E-state index < -0.39 is 0 Å². The van der Waals surface area contributed by atoms with Crippen molar-refractivity contribution in [3.63, 3.8) is 0 Å². The van der Waals surface area contributed by atoms with Crippen molar-refractivity contribution in [3.8, 4) is 0 Å². The third kappa shape index (κ3) is 4.57. The molecular formula is C20H29N. The average molecular weight is 283 g/mol. The molecule has 0 aliphatic heterocycles. The number of fused-ring (bicyclic) bond motifs is 1. The number of hydrogen-bond acceptors (Lipinski definition) is 1. The Balaban J connectivity index is 1.96. The summed E-state index contributed by atoms with van der Waals surface area (Å²) in [5, 5.41) is 6.38. The summed E-state index contributed by atoms with van der Waals surface area (Å²) >= 11 is 0. The van der Waals surface area contributed by atoms with E-state index in [1.165, 1.54) is 42.0 Å². The van der Waals surface area contributed by atoms with Crippen molar-refractivity contribution in [3.05, 3.63) is 48.0 Å². The molecule has 0 spiro atoms. The van der Waals surface area contributed by atoms with Crippen molar-refractivity contribution in [2.75, 3.05) is 6.54 Å². The monoisotopic (exact) mass is 283 g/mol. The maximum Gasteiger partial charge on any atom is 0.0292 e. The van der Waals surface area contributed by atoms with Crippen LogP contribution in [0.15, 0.2) is 42.5 Å². The molecule has 2 unspecified atom stereocenters. The van der Waals surface area contributed by atoms with Gasteiger partial charge in [0.15, 0.2) is 0 Å². The van der Waals surface area contributed by atoms with Gasteiger partial charge in [0.1, 0.15) is 0 Å². The van der Waals surface area contributed by atoms with Crippen LogP contribution in [0.2, 0.25) is 0 Å². The molecule has 0 heterocycles. The Bertz CT molecular complexity index is 546. The maximum absolute atomic E-state index is 3.72. The van der Waals surface area contributed by atoms with E-state index in [-0.39, 0.29) is 0 Å². The highest BCUT2D eigenvalue weighted by Crippen LogP contribution is 2.21. The van der Waals surface area contributed by atoms with E-state index in [1.807, 2.05) is 0 Å². The van der Waals surface area contributed by atoms with Gasteiger partial charge in [-0.2, -0.15) is 0 Å². The number of rotatable bonds is 8. The van der Waals surface area contributed by atoms with Crippen molar-refractivity contribution in [1.82, 2.24) is 5.32 Å². The minimum Gasteiger partial charge on any atom is -0.310 e. The Hall–Kier alpha value is -1.34. The molecule has 0 radical (unpaired) electrons. The van der Waals surface area contributed by atoms with Crippen LogP contribution in [0.5, 0.6) is 0 Å². The number of nitrogens with one attached hydrogen (secondary N) is 1. The van der Waals surface area contributed by atoms with E-state index in [4.69, 9.17) is 0 Å². The van der Waals surface area contributed by atoms with Crippen LogP contribution in [0, 0.1) is 5.92 Å². The second kappa shape index (κ2) is 8.19. The van der Waals surface area contributed by atoms with E-state index in [9.17, 15) is 0 Å². The van der Waals surface area contributed by atoms with Gasteiger partial charge in [-0.25, -0.2) is 0 Å². The predicted octanol–water partition coefficient (Wildman–Crippen LogP) is 5.71. The van der Waals surface area contributed by atoms with Gasteiger partial charge >= 0.3 is 0 Å². The molecule has 0 saturated carbocycles. The lowest BCUT2D eigenvalue weighted by Crippen LogP contribution is -2.25. The Morgan fingerprint density at radius 3 is 2.48 bits per heavy atom. The zero-order valence-corrected chi connectivity index (χ0v) is 13.7. The highest BCUT2D eigenvalue weighted by Gasteiger charge is 2.10. The van der Waals surface area contributed by atoms with Crippen LogP contribution in [0.3, 0.4) is 0 Å². The van der Waals surface area contributed by atoms with Gasteiger partial charge in [-0.1, -0.05) is 69.5 Å². The second-order valence-electron chi connectivity index (χ2n) is 6.15. The lowest BCUT2D eigenvalue weighted by atomic mass is 9.98. The molecule has 2 aromatic carbocycles. The quantitative estimate of drug-likeness (QED) is 0.654. The maximum atomic E-state index is 3.72. The first-order chi connectivity index (χ1) is 10.2. The Kier molecular flexibility index (Phi) is 6.25. The fourth-order valence-corrected chi connectivity index (χ4v) is 2.88. The summed E-state index contributed by atoms with van der Waals surface area (Å²) < 4.78 is 0. The molecule has 2 atom stereocenters. The number of hydrogen-bond donors (Lipinski definition) is 1. The Morgan fingerprint density at radius 2 is 1.76 bits per heavy atom. The second-order valence-corrected chi connectivity index (χ2v) is 6.15. The van der Waals surface area contributed by atoms with Crippen LogP contribution >= 0.6 is 0 Å². The van der Waals surface area contributed by atoms with E-state index in [0.717, 1.165) is 12.5 Å². The smallest absolute Gasteiger partial charge is 0.0292 e. The number of unbranched alkanes of at least 4 members (excludes halogenated alkanes) is 1. The zero-order chi connectivity index (χ0) is 15.1. The molecule has 0 aliphatic carbocycles. The van der Waals surface area contributed by atoms with Gasteiger partial charge in [-0.15, -0.1) is 0 Å². The lowest BCUT2D eigenvalue weighted by molar-refractivity contribution is 0.398. The van der Waals surface area contributed by atoms with E-state index >= 15 is 0 Å². The SMILES string of the molecule is CCCCC(CC)CNC(C)c1ccc2ccccc2c1. The molecule has 0 fully saturated rings. The van der Waals surface area contributed by atoms with Gasteiger partial charge in [-0.05, 0) is 48.2 Å². The van der Waals surface area contributed by atoms with Crippen molar-refractivity contribution in [1.29, 1.82) is 0 Å². The molecule has 1 heteroatoms. The first kappa shape index (κ1) is 16.0. The highest BCUT2D eigenvalue weighted by atomic mass is 14.9. The normalized spacial score (nSPS) is 14.2. The first-order valence-electron chi connectivity index (χ1n) is 8.46. The van der Waals surface area contributed by atoms with Crippen LogP contribution in [0.25, 0.3) is 10.8 Å². The molecular weight excluding hydrogens is 254 g/mol. The molecule has 0 aromatic heterocycles. The van der Waals surface area contributed by atoms with Crippen LogP contribution in [0.1, 0.15) is 58.1 Å². The van der Waals surface area contributed by atoms with Gasteiger partial charge in [0.2, 0.25) is 0 Å². The topological polar surface area (TPSA) is 12.0 Å². The lowest BCUT2D eigenvalue weighted by Gasteiger charge is -2.20. The minimum atomic E-state index is 0.422. The summed E-state index contributed by atoms with van der Waals surface area (Å²) in [5.74, 6) is 0.813. The van der Waals surface area contributed by atoms with E-state index in [0.29, 0.717) is 6.04 Å². The zero-order valence-electron chi connectivity index (χ0n) is 13.7. The summed E-state index contributed by atoms with van der Waals surface area (Å²) in [6, 6.07) is 15.8. The van der Waals surface area contributed by atoms with Crippen LogP contribution < -0.4 is 5.32 Å². The molecule has 2 aromatic rings. The van der Waals surface area contributed by atoms with Crippen LogP contribution in [0.4, 0.5) is 0 Å². The van der Waals surface area contributed by atoms with E-state index in [1.54, 1.807) is 0 Å². The summed E-state index contributed by atoms with van der Waals surface area (Å²) in [6.45, 7) is 7.99. The van der Waals surface area contributed by atoms with Gasteiger partial charge in [0.25, 0.3) is 0 Å². The third-order valence-corrected chi connectivity index (χ3v) is 4.53. The fourth-order valence-electron chi connectivity index (χ4n) is 2.88. The van der Waals surface area contributed by atoms with Crippen molar-refractivity contribution in [2.24, 2.45) is 5.92 Å². The minimum absolute atomic E-state index is 0.422. The van der Waals surface area contributed by atoms with Gasteiger partial charge < -0.3 is 5.32 Å². The van der Waals surface area contributed by atoms with Crippen molar-refractivity contribution < 1.29 is 0 Å². The molecule has 114 valence electrons. The standard InChI is InChI=1S/C20H29N/c1-4-6-9-17(5-2)15-21-16(3)19-13-12-18-10-7-8-11-20(18)14-19/h7-8,10-14,16-17,21H,4-6,9,15H2,1-3H3. The van der Waals surface area contributed by atoms with E-state index in [2.05, 4.69) is 68.6 Å². The molecule has 0 saturated heterocycles. The summed E-state index contributed by atoms with van der Waals surface area (Å²) in [4.78, 5) is 0. The summed E-state index contributed by atoms with van der Waals surface area (Å²) in [5.41, 5.74) is 1.39. The largest absolute Gasteiger partial charge is 0.310 e. The molecule has 0 aliphatic rings. The molecule has 21 heavy (non-hydrogen) atoms. The fraction of sp³-hybridized carbons (Fsp3) is 0.500. The van der Waals surface area contributed by atoms with Crippen LogP contribution in [-0.2, 0) is 0 Å². The molecule has 0 amide bonds. The average Bonchev–Trinajstić information content (AvgIpc) is 2.54. The summed E-state index contributed by atoms with van der Waals surface area (Å²) in [7, 11) is 0. The van der Waals surface area contributed by atoms with Gasteiger partial charge in [-0.3, -0.25) is 0 Å². The van der Waals surface area contributed by atoms with Crippen molar-refractivity contribution in [2.45, 2.75) is 52.5 Å². The number of benzene rings is 2. The predicted molar refractivity (Wildman–Crippen MR) is 93.7 cm³/mol. The van der Waals surface area contributed by atoms with Gasteiger partial charge in [0, 0.05) is 6.04 Å². The van der Waals surface area contributed by atoms with Crippen LogP contribution in [-0.4, -0.2) is 6.54 Å². The molecule has 1 N–H and O–H groups in total. The molecule has 0 bridgehead atoms. The summed E-state index contributed by atoms with van der Waals surface area (Å²) in [6.07, 6.45) is 5.28. The highest BCUT2D eigenvalue weighted by molar-refractivity contribution is 5.83.